The Labute approximate surface area is 142 Å². The maximum absolute atomic E-state index is 10.6. The SMILES string of the molecule is CCC[C@H]1C[C@H]2[C@@H]3CC[C@H](O)[C@@]3(C)CC[C@@H]2[C@@]2(C)CCCC=C12. The van der Waals surface area contributed by atoms with Gasteiger partial charge in [0.15, 0.2) is 0 Å². The fourth-order valence-electron chi connectivity index (χ4n) is 7.59. The summed E-state index contributed by atoms with van der Waals surface area (Å²) >= 11 is 0. The Morgan fingerprint density at radius 3 is 2.74 bits per heavy atom. The zero-order valence-corrected chi connectivity index (χ0v) is 15.5. The van der Waals surface area contributed by atoms with E-state index in [-0.39, 0.29) is 11.5 Å². The average molecular weight is 317 g/mol. The van der Waals surface area contributed by atoms with E-state index in [9.17, 15) is 5.11 Å². The zero-order valence-electron chi connectivity index (χ0n) is 15.5. The van der Waals surface area contributed by atoms with E-state index in [1.54, 1.807) is 0 Å². The summed E-state index contributed by atoms with van der Waals surface area (Å²) in [4.78, 5) is 0. The van der Waals surface area contributed by atoms with Gasteiger partial charge in [0.1, 0.15) is 0 Å². The summed E-state index contributed by atoms with van der Waals surface area (Å²) in [7, 11) is 0. The summed E-state index contributed by atoms with van der Waals surface area (Å²) in [6.07, 6.45) is 15.9. The van der Waals surface area contributed by atoms with E-state index in [0.717, 1.165) is 30.1 Å². The van der Waals surface area contributed by atoms with E-state index in [1.165, 1.54) is 57.8 Å². The van der Waals surface area contributed by atoms with E-state index >= 15 is 0 Å². The van der Waals surface area contributed by atoms with Crippen LogP contribution in [0.1, 0.15) is 85.0 Å². The van der Waals surface area contributed by atoms with Crippen molar-refractivity contribution in [2.45, 2.75) is 91.1 Å². The Morgan fingerprint density at radius 2 is 1.96 bits per heavy atom. The predicted molar refractivity (Wildman–Crippen MR) is 96.1 cm³/mol. The lowest BCUT2D eigenvalue weighted by atomic mass is 9.45. The van der Waals surface area contributed by atoms with Gasteiger partial charge in [-0.05, 0) is 92.3 Å². The van der Waals surface area contributed by atoms with Gasteiger partial charge >= 0.3 is 0 Å². The number of hydrogen-bond donors (Lipinski definition) is 1. The van der Waals surface area contributed by atoms with Crippen LogP contribution in [0.3, 0.4) is 0 Å². The monoisotopic (exact) mass is 316 g/mol. The number of aliphatic hydroxyl groups is 1. The van der Waals surface area contributed by atoms with Crippen LogP contribution in [0, 0.1) is 34.5 Å². The number of fused-ring (bicyclic) bond motifs is 5. The fourth-order valence-corrected chi connectivity index (χ4v) is 7.59. The smallest absolute Gasteiger partial charge is 0.0596 e. The number of aliphatic hydroxyl groups excluding tert-OH is 1. The summed E-state index contributed by atoms with van der Waals surface area (Å²) in [5, 5.41) is 10.6. The van der Waals surface area contributed by atoms with Crippen molar-refractivity contribution >= 4 is 0 Å². The minimum atomic E-state index is -0.0332. The third kappa shape index (κ3) is 2.21. The van der Waals surface area contributed by atoms with Gasteiger partial charge < -0.3 is 5.11 Å². The molecule has 0 heterocycles. The number of rotatable bonds is 2. The molecule has 0 radical (unpaired) electrons. The minimum Gasteiger partial charge on any atom is -0.393 e. The van der Waals surface area contributed by atoms with E-state index < -0.39 is 0 Å². The molecule has 0 spiro atoms. The van der Waals surface area contributed by atoms with Crippen molar-refractivity contribution in [1.29, 1.82) is 0 Å². The molecule has 130 valence electrons. The molecule has 0 amide bonds. The first-order chi connectivity index (χ1) is 11.0. The van der Waals surface area contributed by atoms with Crippen molar-refractivity contribution in [2.24, 2.45) is 34.5 Å². The molecular formula is C22H36O. The largest absolute Gasteiger partial charge is 0.393 e. The summed E-state index contributed by atoms with van der Waals surface area (Å²) in [5.74, 6) is 3.40. The molecule has 23 heavy (non-hydrogen) atoms. The molecule has 1 heteroatoms. The summed E-state index contributed by atoms with van der Waals surface area (Å²) in [6.45, 7) is 7.39. The van der Waals surface area contributed by atoms with Crippen LogP contribution in [0.25, 0.3) is 0 Å². The van der Waals surface area contributed by atoms with Crippen LogP contribution in [-0.2, 0) is 0 Å². The molecule has 0 unspecified atom stereocenters. The maximum atomic E-state index is 10.6. The Bertz CT molecular complexity index is 494. The fraction of sp³-hybridized carbons (Fsp3) is 0.909. The molecule has 4 aliphatic rings. The van der Waals surface area contributed by atoms with Gasteiger partial charge in [-0.3, -0.25) is 0 Å². The van der Waals surface area contributed by atoms with Crippen molar-refractivity contribution < 1.29 is 5.11 Å². The molecule has 4 aliphatic carbocycles. The maximum Gasteiger partial charge on any atom is 0.0596 e. The Morgan fingerprint density at radius 1 is 1.13 bits per heavy atom. The van der Waals surface area contributed by atoms with Crippen molar-refractivity contribution in [3.8, 4) is 0 Å². The van der Waals surface area contributed by atoms with Gasteiger partial charge in [0.25, 0.3) is 0 Å². The molecule has 0 aromatic rings. The highest BCUT2D eigenvalue weighted by Crippen LogP contribution is 2.66. The first-order valence-electron chi connectivity index (χ1n) is 10.4. The van der Waals surface area contributed by atoms with E-state index in [2.05, 4.69) is 26.8 Å². The van der Waals surface area contributed by atoms with Crippen LogP contribution in [0.5, 0.6) is 0 Å². The van der Waals surface area contributed by atoms with Crippen LogP contribution < -0.4 is 0 Å². The average Bonchev–Trinajstić information content (AvgIpc) is 2.83. The van der Waals surface area contributed by atoms with E-state index in [0.29, 0.717) is 5.41 Å². The van der Waals surface area contributed by atoms with Gasteiger partial charge in [0.2, 0.25) is 0 Å². The zero-order chi connectivity index (χ0) is 16.2. The number of allylic oxidation sites excluding steroid dienone is 2. The van der Waals surface area contributed by atoms with Crippen LogP contribution in [-0.4, -0.2) is 11.2 Å². The van der Waals surface area contributed by atoms with Gasteiger partial charge in [0, 0.05) is 0 Å². The second-order valence-electron chi connectivity index (χ2n) is 9.70. The number of hydrogen-bond acceptors (Lipinski definition) is 1. The van der Waals surface area contributed by atoms with E-state index in [1.807, 2.05) is 5.57 Å². The Balaban J connectivity index is 1.71. The van der Waals surface area contributed by atoms with Gasteiger partial charge in [-0.15, -0.1) is 0 Å². The quantitative estimate of drug-likeness (QED) is 0.645. The molecule has 1 N–H and O–H groups in total. The van der Waals surface area contributed by atoms with Crippen molar-refractivity contribution in [2.75, 3.05) is 0 Å². The topological polar surface area (TPSA) is 20.2 Å². The Kier molecular flexibility index (Phi) is 3.95. The molecule has 0 saturated heterocycles. The minimum absolute atomic E-state index is 0.0332. The first-order valence-corrected chi connectivity index (χ1v) is 10.4. The normalized spacial score (nSPS) is 52.3. The standard InChI is InChI=1S/C22H36O/c1-4-7-15-14-16-18-9-10-20(23)22(18,3)13-11-19(16)21(2)12-6-5-8-17(15)21/h8,15-16,18-20,23H,4-7,9-14H2,1-3H3/t15-,16-,18-,19-,20-,21-,22-/m0/s1. The van der Waals surface area contributed by atoms with Gasteiger partial charge in [-0.1, -0.05) is 38.8 Å². The van der Waals surface area contributed by atoms with Gasteiger partial charge in [-0.25, -0.2) is 0 Å². The molecule has 0 bridgehead atoms. The second-order valence-corrected chi connectivity index (χ2v) is 9.70. The third-order valence-corrected chi connectivity index (χ3v) is 8.76. The highest BCUT2D eigenvalue weighted by molar-refractivity contribution is 5.26. The molecule has 0 aliphatic heterocycles. The lowest BCUT2D eigenvalue weighted by Gasteiger charge is -2.60. The van der Waals surface area contributed by atoms with Crippen molar-refractivity contribution in [3.05, 3.63) is 11.6 Å². The van der Waals surface area contributed by atoms with Gasteiger partial charge in [-0.2, -0.15) is 0 Å². The molecule has 4 rings (SSSR count). The summed E-state index contributed by atoms with van der Waals surface area (Å²) < 4.78 is 0. The molecule has 1 nitrogen and oxygen atoms in total. The molecule has 0 aromatic carbocycles. The van der Waals surface area contributed by atoms with Gasteiger partial charge in [0.05, 0.1) is 6.10 Å². The van der Waals surface area contributed by atoms with Crippen LogP contribution in [0.2, 0.25) is 0 Å². The summed E-state index contributed by atoms with van der Waals surface area (Å²) in [6, 6.07) is 0. The third-order valence-electron chi connectivity index (χ3n) is 8.76. The van der Waals surface area contributed by atoms with Crippen LogP contribution >= 0.6 is 0 Å². The highest BCUT2D eigenvalue weighted by atomic mass is 16.3. The second kappa shape index (κ2) is 5.61. The summed E-state index contributed by atoms with van der Waals surface area (Å²) in [5.41, 5.74) is 2.56. The molecular weight excluding hydrogens is 280 g/mol. The molecule has 3 saturated carbocycles. The molecule has 0 aromatic heterocycles. The van der Waals surface area contributed by atoms with Crippen molar-refractivity contribution in [1.82, 2.24) is 0 Å². The van der Waals surface area contributed by atoms with Crippen LogP contribution in [0.4, 0.5) is 0 Å². The van der Waals surface area contributed by atoms with Crippen molar-refractivity contribution in [3.63, 3.8) is 0 Å². The first kappa shape index (κ1) is 16.2. The highest BCUT2D eigenvalue weighted by Gasteiger charge is 2.59. The Hall–Kier alpha value is -0.300. The molecule has 3 fully saturated rings. The lowest BCUT2D eigenvalue weighted by Crippen LogP contribution is -2.52. The lowest BCUT2D eigenvalue weighted by molar-refractivity contribution is -0.0831. The van der Waals surface area contributed by atoms with Crippen LogP contribution in [0.15, 0.2) is 11.6 Å². The predicted octanol–water partition coefficient (Wildman–Crippen LogP) is 5.73. The molecule has 7 atom stereocenters. The van der Waals surface area contributed by atoms with E-state index in [4.69, 9.17) is 0 Å².